The SMILES string of the molecule is C[C@H](NC(=O)C[C@H](c1ccc(F)cc1)c1cn(Cc2ccccc2)c2ccc([N+](=O)[O-])cc12)c1ccccc1. The topological polar surface area (TPSA) is 77.2 Å². The summed E-state index contributed by atoms with van der Waals surface area (Å²) in [6, 6.07) is 30.3. The van der Waals surface area contributed by atoms with Crippen molar-refractivity contribution in [2.24, 2.45) is 0 Å². The fraction of sp³-hybridized carbons (Fsp3) is 0.156. The van der Waals surface area contributed by atoms with Gasteiger partial charge in [-0.15, -0.1) is 0 Å². The van der Waals surface area contributed by atoms with E-state index in [9.17, 15) is 19.3 Å². The van der Waals surface area contributed by atoms with E-state index in [1.54, 1.807) is 24.3 Å². The minimum atomic E-state index is -0.449. The van der Waals surface area contributed by atoms with E-state index in [1.165, 1.54) is 18.2 Å². The first-order valence-electron chi connectivity index (χ1n) is 12.8. The molecule has 0 fully saturated rings. The molecule has 1 heterocycles. The average Bonchev–Trinajstić information content (AvgIpc) is 3.30. The van der Waals surface area contributed by atoms with Crippen LogP contribution in [0.5, 0.6) is 0 Å². The second kappa shape index (κ2) is 11.3. The Morgan fingerprint density at radius 3 is 2.26 bits per heavy atom. The number of rotatable bonds is 9. The molecule has 1 N–H and O–H groups in total. The van der Waals surface area contributed by atoms with Crippen molar-refractivity contribution in [2.45, 2.75) is 31.8 Å². The lowest BCUT2D eigenvalue weighted by Gasteiger charge is -2.20. The predicted octanol–water partition coefficient (Wildman–Crippen LogP) is 7.14. The monoisotopic (exact) mass is 521 g/mol. The molecule has 1 aromatic heterocycles. The van der Waals surface area contributed by atoms with E-state index in [4.69, 9.17) is 0 Å². The van der Waals surface area contributed by atoms with E-state index in [0.717, 1.165) is 27.8 Å². The molecule has 5 rings (SSSR count). The first-order valence-corrected chi connectivity index (χ1v) is 12.8. The van der Waals surface area contributed by atoms with Gasteiger partial charge in [0.15, 0.2) is 0 Å². The number of aromatic nitrogens is 1. The zero-order valence-electron chi connectivity index (χ0n) is 21.5. The Labute approximate surface area is 225 Å². The molecule has 0 spiro atoms. The molecule has 0 saturated carbocycles. The number of halogens is 1. The van der Waals surface area contributed by atoms with E-state index in [1.807, 2.05) is 78.4 Å². The highest BCUT2D eigenvalue weighted by Gasteiger charge is 2.25. The number of nitrogens with one attached hydrogen (secondary N) is 1. The molecule has 0 aliphatic carbocycles. The zero-order valence-corrected chi connectivity index (χ0v) is 21.5. The maximum Gasteiger partial charge on any atom is 0.270 e. The third-order valence-electron chi connectivity index (χ3n) is 7.02. The quantitative estimate of drug-likeness (QED) is 0.165. The van der Waals surface area contributed by atoms with Gasteiger partial charge in [0.1, 0.15) is 5.82 Å². The van der Waals surface area contributed by atoms with E-state index < -0.39 is 10.8 Å². The Balaban J connectivity index is 1.57. The van der Waals surface area contributed by atoms with E-state index in [2.05, 4.69) is 5.32 Å². The first-order chi connectivity index (χ1) is 18.9. The van der Waals surface area contributed by atoms with Gasteiger partial charge in [0, 0.05) is 48.1 Å². The fourth-order valence-electron chi connectivity index (χ4n) is 5.03. The highest BCUT2D eigenvalue weighted by molar-refractivity contribution is 5.88. The number of hydrogen-bond donors (Lipinski definition) is 1. The van der Waals surface area contributed by atoms with Gasteiger partial charge < -0.3 is 9.88 Å². The molecular formula is C32H28FN3O3. The molecule has 0 saturated heterocycles. The van der Waals surface area contributed by atoms with Crippen LogP contribution in [0.15, 0.2) is 109 Å². The van der Waals surface area contributed by atoms with Gasteiger partial charge >= 0.3 is 0 Å². The third-order valence-corrected chi connectivity index (χ3v) is 7.02. The van der Waals surface area contributed by atoms with Crippen molar-refractivity contribution in [1.29, 1.82) is 0 Å². The number of amides is 1. The predicted molar refractivity (Wildman–Crippen MR) is 150 cm³/mol. The lowest BCUT2D eigenvalue weighted by molar-refractivity contribution is -0.384. The molecule has 0 unspecified atom stereocenters. The van der Waals surface area contributed by atoms with Gasteiger partial charge in [-0.25, -0.2) is 4.39 Å². The summed E-state index contributed by atoms with van der Waals surface area (Å²) in [6.07, 6.45) is 2.05. The highest BCUT2D eigenvalue weighted by atomic mass is 19.1. The Bertz CT molecular complexity index is 1600. The lowest BCUT2D eigenvalue weighted by atomic mass is 9.87. The summed E-state index contributed by atoms with van der Waals surface area (Å²) in [5.41, 5.74) is 4.39. The molecule has 0 aliphatic heterocycles. The second-order valence-electron chi connectivity index (χ2n) is 9.66. The number of nitro groups is 1. The number of hydrogen-bond acceptors (Lipinski definition) is 3. The fourth-order valence-corrected chi connectivity index (χ4v) is 5.03. The highest BCUT2D eigenvalue weighted by Crippen LogP contribution is 2.37. The Morgan fingerprint density at radius 1 is 0.923 bits per heavy atom. The van der Waals surface area contributed by atoms with Crippen molar-refractivity contribution in [3.63, 3.8) is 0 Å². The number of nitro benzene ring substituents is 1. The van der Waals surface area contributed by atoms with Gasteiger partial charge in [-0.05, 0) is 47.4 Å². The minimum absolute atomic E-state index is 0.0266. The Hall–Kier alpha value is -4.78. The van der Waals surface area contributed by atoms with Crippen LogP contribution in [0.4, 0.5) is 10.1 Å². The van der Waals surface area contributed by atoms with Crippen LogP contribution in [0.2, 0.25) is 0 Å². The molecule has 4 aromatic carbocycles. The summed E-state index contributed by atoms with van der Waals surface area (Å²) in [7, 11) is 0. The van der Waals surface area contributed by atoms with Crippen LogP contribution in [-0.4, -0.2) is 15.4 Å². The molecule has 0 radical (unpaired) electrons. The largest absolute Gasteiger partial charge is 0.350 e. The van der Waals surface area contributed by atoms with Crippen LogP contribution in [0.1, 0.15) is 47.6 Å². The summed E-state index contributed by atoms with van der Waals surface area (Å²) < 4.78 is 15.9. The Kier molecular flexibility index (Phi) is 7.50. The van der Waals surface area contributed by atoms with Crippen molar-refractivity contribution in [1.82, 2.24) is 9.88 Å². The summed E-state index contributed by atoms with van der Waals surface area (Å²) in [5, 5.41) is 15.4. The normalized spacial score (nSPS) is 12.7. The number of carbonyl (C=O) groups is 1. The maximum absolute atomic E-state index is 13.9. The van der Waals surface area contributed by atoms with Crippen molar-refractivity contribution in [3.05, 3.63) is 148 Å². The number of fused-ring (bicyclic) bond motifs is 1. The molecule has 6 nitrogen and oxygen atoms in total. The van der Waals surface area contributed by atoms with E-state index in [0.29, 0.717) is 11.9 Å². The van der Waals surface area contributed by atoms with Crippen molar-refractivity contribution < 1.29 is 14.1 Å². The molecule has 39 heavy (non-hydrogen) atoms. The number of carbonyl (C=O) groups excluding carboxylic acids is 1. The van der Waals surface area contributed by atoms with Gasteiger partial charge in [-0.3, -0.25) is 14.9 Å². The number of non-ortho nitro benzene ring substituents is 1. The van der Waals surface area contributed by atoms with Crippen molar-refractivity contribution in [3.8, 4) is 0 Å². The molecule has 196 valence electrons. The molecule has 0 aliphatic rings. The van der Waals surface area contributed by atoms with Crippen LogP contribution < -0.4 is 5.32 Å². The minimum Gasteiger partial charge on any atom is -0.350 e. The van der Waals surface area contributed by atoms with Gasteiger partial charge in [0.05, 0.1) is 11.0 Å². The lowest BCUT2D eigenvalue weighted by Crippen LogP contribution is -2.28. The smallest absolute Gasteiger partial charge is 0.270 e. The molecule has 5 aromatic rings. The molecule has 7 heteroatoms. The summed E-state index contributed by atoms with van der Waals surface area (Å²) in [4.78, 5) is 24.6. The third kappa shape index (κ3) is 5.88. The summed E-state index contributed by atoms with van der Waals surface area (Å²) >= 11 is 0. The van der Waals surface area contributed by atoms with Gasteiger partial charge in [-0.2, -0.15) is 0 Å². The average molecular weight is 522 g/mol. The standard InChI is InChI=1S/C32H28FN3O3/c1-22(24-10-6-3-7-11-24)34-32(37)19-28(25-12-14-26(33)15-13-25)30-21-35(20-23-8-4-2-5-9-23)31-17-16-27(36(38)39)18-29(30)31/h2-18,21-22,28H,19-20H2,1H3,(H,34,37)/t22-,28+/m0/s1. The van der Waals surface area contributed by atoms with Crippen LogP contribution in [0.3, 0.4) is 0 Å². The van der Waals surface area contributed by atoms with Crippen molar-refractivity contribution >= 4 is 22.5 Å². The van der Waals surface area contributed by atoms with E-state index in [-0.39, 0.29) is 29.9 Å². The first kappa shape index (κ1) is 25.9. The van der Waals surface area contributed by atoms with Gasteiger partial charge in [0.25, 0.3) is 5.69 Å². The Morgan fingerprint density at radius 2 is 1.59 bits per heavy atom. The number of benzene rings is 4. The molecule has 0 bridgehead atoms. The molecule has 2 atom stereocenters. The second-order valence-corrected chi connectivity index (χ2v) is 9.66. The van der Waals surface area contributed by atoms with E-state index >= 15 is 0 Å². The van der Waals surface area contributed by atoms with Gasteiger partial charge in [-0.1, -0.05) is 72.8 Å². The van der Waals surface area contributed by atoms with Gasteiger partial charge in [0.2, 0.25) is 5.91 Å². The molecule has 1 amide bonds. The summed E-state index contributed by atoms with van der Waals surface area (Å²) in [6.45, 7) is 2.48. The van der Waals surface area contributed by atoms with Crippen LogP contribution in [0, 0.1) is 15.9 Å². The van der Waals surface area contributed by atoms with Crippen LogP contribution in [0.25, 0.3) is 10.9 Å². The van der Waals surface area contributed by atoms with Crippen molar-refractivity contribution in [2.75, 3.05) is 0 Å². The number of nitrogens with zero attached hydrogens (tertiary/aromatic N) is 2. The van der Waals surface area contributed by atoms with Crippen LogP contribution in [-0.2, 0) is 11.3 Å². The summed E-state index contributed by atoms with van der Waals surface area (Å²) in [5.74, 6) is -0.994. The molecular weight excluding hydrogens is 493 g/mol. The van der Waals surface area contributed by atoms with Crippen LogP contribution >= 0.6 is 0 Å². The zero-order chi connectivity index (χ0) is 27.4. The maximum atomic E-state index is 13.9.